The summed E-state index contributed by atoms with van der Waals surface area (Å²) in [4.78, 5) is 25.2. The van der Waals surface area contributed by atoms with Gasteiger partial charge in [0, 0.05) is 19.5 Å². The summed E-state index contributed by atoms with van der Waals surface area (Å²) >= 11 is 0. The molecule has 2 atom stereocenters. The zero-order chi connectivity index (χ0) is 17.5. The van der Waals surface area contributed by atoms with Crippen LogP contribution < -0.4 is 4.74 Å². The van der Waals surface area contributed by atoms with Crippen molar-refractivity contribution in [3.05, 3.63) is 29.8 Å². The summed E-state index contributed by atoms with van der Waals surface area (Å²) in [5, 5.41) is 9.13. The van der Waals surface area contributed by atoms with E-state index in [2.05, 4.69) is 0 Å². The summed E-state index contributed by atoms with van der Waals surface area (Å²) in [6.07, 6.45) is 2.68. The first-order valence-electron chi connectivity index (χ1n) is 8.67. The van der Waals surface area contributed by atoms with Gasteiger partial charge in [0.15, 0.2) is 0 Å². The number of hydrogen-bond acceptors (Lipinski definition) is 3. The van der Waals surface area contributed by atoms with E-state index in [1.165, 1.54) is 5.56 Å². The molecule has 2 rings (SSSR count). The molecule has 0 radical (unpaired) electrons. The van der Waals surface area contributed by atoms with Gasteiger partial charge in [0.1, 0.15) is 5.75 Å². The predicted octanol–water partition coefficient (Wildman–Crippen LogP) is 3.11. The van der Waals surface area contributed by atoms with Gasteiger partial charge in [-0.25, -0.2) is 0 Å². The van der Waals surface area contributed by atoms with Gasteiger partial charge in [-0.1, -0.05) is 19.1 Å². The molecule has 1 aliphatic rings. The van der Waals surface area contributed by atoms with Gasteiger partial charge in [0.05, 0.1) is 12.5 Å². The molecule has 24 heavy (non-hydrogen) atoms. The smallest absolute Gasteiger partial charge is 0.306 e. The van der Waals surface area contributed by atoms with Crippen LogP contribution in [0.4, 0.5) is 0 Å². The SMILES string of the molecule is Cc1cccc(OCCCCC(=O)N2CCC(C(=O)O)C(C)C2)c1. The Balaban J connectivity index is 1.64. The molecule has 0 bridgehead atoms. The number of ether oxygens (including phenoxy) is 1. The van der Waals surface area contributed by atoms with Crippen LogP contribution in [0.2, 0.25) is 0 Å². The molecular formula is C19H27NO4. The van der Waals surface area contributed by atoms with Gasteiger partial charge in [-0.05, 0) is 49.8 Å². The molecule has 5 nitrogen and oxygen atoms in total. The second kappa shape index (κ2) is 8.71. The first kappa shape index (κ1) is 18.3. The van der Waals surface area contributed by atoms with Crippen molar-refractivity contribution in [2.24, 2.45) is 11.8 Å². The van der Waals surface area contributed by atoms with Gasteiger partial charge in [-0.2, -0.15) is 0 Å². The fourth-order valence-electron chi connectivity index (χ4n) is 3.17. The Hall–Kier alpha value is -2.04. The quantitative estimate of drug-likeness (QED) is 0.779. The largest absolute Gasteiger partial charge is 0.494 e. The Bertz CT molecular complexity index is 572. The first-order chi connectivity index (χ1) is 11.5. The number of piperidine rings is 1. The molecule has 2 unspecified atom stereocenters. The number of aryl methyl sites for hydroxylation is 1. The minimum atomic E-state index is -0.747. The van der Waals surface area contributed by atoms with Crippen LogP contribution in [0.5, 0.6) is 5.75 Å². The molecule has 1 fully saturated rings. The number of unbranched alkanes of at least 4 members (excludes halogenated alkanes) is 1. The van der Waals surface area contributed by atoms with Gasteiger partial charge >= 0.3 is 5.97 Å². The predicted molar refractivity (Wildman–Crippen MR) is 92.0 cm³/mol. The lowest BCUT2D eigenvalue weighted by Crippen LogP contribution is -2.44. The van der Waals surface area contributed by atoms with Gasteiger partial charge in [0.25, 0.3) is 0 Å². The van der Waals surface area contributed by atoms with Gasteiger partial charge in [0.2, 0.25) is 5.91 Å². The number of carboxylic acids is 1. The molecular weight excluding hydrogens is 306 g/mol. The Morgan fingerprint density at radius 3 is 2.79 bits per heavy atom. The van der Waals surface area contributed by atoms with E-state index in [0.717, 1.165) is 18.6 Å². The molecule has 1 heterocycles. The highest BCUT2D eigenvalue weighted by atomic mass is 16.5. The van der Waals surface area contributed by atoms with Crippen molar-refractivity contribution < 1.29 is 19.4 Å². The monoisotopic (exact) mass is 333 g/mol. The van der Waals surface area contributed by atoms with Crippen LogP contribution in [0, 0.1) is 18.8 Å². The molecule has 1 aliphatic heterocycles. The van der Waals surface area contributed by atoms with Crippen LogP contribution in [0.25, 0.3) is 0 Å². The number of carbonyl (C=O) groups is 2. The van der Waals surface area contributed by atoms with E-state index in [1.807, 2.05) is 43.0 Å². The van der Waals surface area contributed by atoms with E-state index in [9.17, 15) is 9.59 Å². The van der Waals surface area contributed by atoms with Crippen molar-refractivity contribution in [1.29, 1.82) is 0 Å². The number of amides is 1. The molecule has 5 heteroatoms. The van der Waals surface area contributed by atoms with E-state index in [0.29, 0.717) is 32.5 Å². The molecule has 0 aliphatic carbocycles. The summed E-state index contributed by atoms with van der Waals surface area (Å²) in [7, 11) is 0. The van der Waals surface area contributed by atoms with Crippen LogP contribution >= 0.6 is 0 Å². The lowest BCUT2D eigenvalue weighted by molar-refractivity contribution is -0.148. The van der Waals surface area contributed by atoms with Crippen LogP contribution in [0.15, 0.2) is 24.3 Å². The average Bonchev–Trinajstić information content (AvgIpc) is 2.54. The number of carboxylic acid groups (broad SMARTS) is 1. The molecule has 132 valence electrons. The van der Waals surface area contributed by atoms with Crippen LogP contribution in [0.1, 0.15) is 38.2 Å². The van der Waals surface area contributed by atoms with E-state index in [4.69, 9.17) is 9.84 Å². The van der Waals surface area contributed by atoms with Crippen LogP contribution in [0.3, 0.4) is 0 Å². The second-order valence-corrected chi connectivity index (χ2v) is 6.67. The minimum absolute atomic E-state index is 0.0184. The Kier molecular flexibility index (Phi) is 6.64. The summed E-state index contributed by atoms with van der Waals surface area (Å²) in [5.41, 5.74) is 1.17. The Morgan fingerprint density at radius 2 is 2.12 bits per heavy atom. The van der Waals surface area contributed by atoms with E-state index in [-0.39, 0.29) is 17.7 Å². The number of likely N-dealkylation sites (tertiary alicyclic amines) is 1. The van der Waals surface area contributed by atoms with Crippen molar-refractivity contribution in [3.8, 4) is 5.75 Å². The molecule has 0 aromatic heterocycles. The minimum Gasteiger partial charge on any atom is -0.494 e. The van der Waals surface area contributed by atoms with Crippen LogP contribution in [-0.2, 0) is 9.59 Å². The number of nitrogens with zero attached hydrogens (tertiary/aromatic N) is 1. The normalized spacial score (nSPS) is 20.7. The third-order valence-corrected chi connectivity index (χ3v) is 4.62. The van der Waals surface area contributed by atoms with Crippen molar-refractivity contribution in [3.63, 3.8) is 0 Å². The summed E-state index contributed by atoms with van der Waals surface area (Å²) in [6.45, 7) is 5.65. The number of carbonyl (C=O) groups excluding carboxylic acids is 1. The van der Waals surface area contributed by atoms with E-state index in [1.54, 1.807) is 0 Å². The van der Waals surface area contributed by atoms with Crippen LogP contribution in [-0.4, -0.2) is 41.6 Å². The number of benzene rings is 1. The number of rotatable bonds is 7. The van der Waals surface area contributed by atoms with E-state index >= 15 is 0 Å². The third kappa shape index (κ3) is 5.25. The lowest BCUT2D eigenvalue weighted by Gasteiger charge is -2.35. The molecule has 1 aromatic rings. The van der Waals surface area contributed by atoms with Crippen molar-refractivity contribution >= 4 is 11.9 Å². The maximum atomic E-state index is 12.2. The molecule has 1 saturated heterocycles. The highest BCUT2D eigenvalue weighted by molar-refractivity contribution is 5.77. The molecule has 1 N–H and O–H groups in total. The highest BCUT2D eigenvalue weighted by Gasteiger charge is 2.32. The Morgan fingerprint density at radius 1 is 1.33 bits per heavy atom. The van der Waals surface area contributed by atoms with Crippen molar-refractivity contribution in [2.45, 2.75) is 39.5 Å². The zero-order valence-electron chi connectivity index (χ0n) is 14.5. The second-order valence-electron chi connectivity index (χ2n) is 6.67. The van der Waals surface area contributed by atoms with Crippen molar-refractivity contribution in [1.82, 2.24) is 4.90 Å². The fraction of sp³-hybridized carbons (Fsp3) is 0.579. The first-order valence-corrected chi connectivity index (χ1v) is 8.67. The third-order valence-electron chi connectivity index (χ3n) is 4.62. The number of aliphatic carboxylic acids is 1. The Labute approximate surface area is 143 Å². The molecule has 0 saturated carbocycles. The highest BCUT2D eigenvalue weighted by Crippen LogP contribution is 2.24. The molecule has 1 aromatic carbocycles. The zero-order valence-corrected chi connectivity index (χ0v) is 14.5. The summed E-state index contributed by atoms with van der Waals surface area (Å²) < 4.78 is 5.68. The topological polar surface area (TPSA) is 66.8 Å². The maximum Gasteiger partial charge on any atom is 0.306 e. The standard InChI is InChI=1S/C19H27NO4/c1-14-6-5-7-16(12-14)24-11-4-3-8-18(21)20-10-9-17(19(22)23)15(2)13-20/h5-7,12,15,17H,3-4,8-11,13H2,1-2H3,(H,22,23). The summed E-state index contributed by atoms with van der Waals surface area (Å²) in [6, 6.07) is 7.93. The van der Waals surface area contributed by atoms with Gasteiger partial charge < -0.3 is 14.7 Å². The average molecular weight is 333 g/mol. The van der Waals surface area contributed by atoms with E-state index < -0.39 is 5.97 Å². The van der Waals surface area contributed by atoms with Crippen molar-refractivity contribution in [2.75, 3.05) is 19.7 Å². The molecule has 1 amide bonds. The van der Waals surface area contributed by atoms with Gasteiger partial charge in [-0.15, -0.1) is 0 Å². The maximum absolute atomic E-state index is 12.2. The number of hydrogen-bond donors (Lipinski definition) is 1. The fourth-order valence-corrected chi connectivity index (χ4v) is 3.17. The van der Waals surface area contributed by atoms with Gasteiger partial charge in [-0.3, -0.25) is 9.59 Å². The lowest BCUT2D eigenvalue weighted by atomic mass is 9.87. The summed E-state index contributed by atoms with van der Waals surface area (Å²) in [5.74, 6) is -0.0586. The molecule has 0 spiro atoms.